The highest BCUT2D eigenvalue weighted by Gasteiger charge is 2.33. The number of carboxylic acid groups (broad SMARTS) is 1. The third-order valence-electron chi connectivity index (χ3n) is 3.80. The van der Waals surface area contributed by atoms with Crippen LogP contribution in [0.2, 0.25) is 0 Å². The molecule has 0 radical (unpaired) electrons. The molecule has 1 N–H and O–H groups in total. The molecule has 0 atom stereocenters. The van der Waals surface area contributed by atoms with E-state index >= 15 is 0 Å². The van der Waals surface area contributed by atoms with Gasteiger partial charge in [-0.05, 0) is 24.1 Å². The van der Waals surface area contributed by atoms with E-state index in [-0.39, 0.29) is 47.4 Å². The predicted molar refractivity (Wildman–Crippen MR) is 85.9 cm³/mol. The van der Waals surface area contributed by atoms with E-state index < -0.39 is 11.9 Å². The molecular weight excluding hydrogens is 312 g/mol. The fourth-order valence-corrected chi connectivity index (χ4v) is 2.62. The Hall–Kier alpha value is -2.70. The summed E-state index contributed by atoms with van der Waals surface area (Å²) in [5.41, 5.74) is 0.757. The molecule has 7 heteroatoms. The highest BCUT2D eigenvalue weighted by Crippen LogP contribution is 2.23. The third kappa shape index (κ3) is 3.45. The molecule has 1 aliphatic rings. The van der Waals surface area contributed by atoms with Gasteiger partial charge in [-0.15, -0.1) is 0 Å². The number of benzene rings is 1. The maximum absolute atomic E-state index is 12.7. The number of hydrogen-bond donors (Lipinski definition) is 1. The molecule has 0 bridgehead atoms. The number of carbonyl (C=O) groups excluding carboxylic acids is 3. The zero-order valence-electron chi connectivity index (χ0n) is 13.9. The molecule has 0 saturated heterocycles. The van der Waals surface area contributed by atoms with Crippen molar-refractivity contribution < 1.29 is 24.3 Å². The molecule has 1 aromatic rings. The lowest BCUT2D eigenvalue weighted by Gasteiger charge is -2.24. The Morgan fingerprint density at radius 1 is 1.17 bits per heavy atom. The van der Waals surface area contributed by atoms with E-state index in [1.165, 1.54) is 30.1 Å². The first-order chi connectivity index (χ1) is 11.2. The molecule has 1 aromatic carbocycles. The lowest BCUT2D eigenvalue weighted by molar-refractivity contribution is -0.137. The first kappa shape index (κ1) is 17.7. The molecule has 0 spiro atoms. The van der Waals surface area contributed by atoms with Gasteiger partial charge in [-0.3, -0.25) is 24.1 Å². The van der Waals surface area contributed by atoms with Gasteiger partial charge in [0.1, 0.15) is 0 Å². The summed E-state index contributed by atoms with van der Waals surface area (Å²) in [6, 6.07) is 4.38. The molecule has 0 unspecified atom stereocenters. The lowest BCUT2D eigenvalue weighted by Crippen LogP contribution is -2.36. The summed E-state index contributed by atoms with van der Waals surface area (Å²) in [6.45, 7) is 4.37. The van der Waals surface area contributed by atoms with Crippen LogP contribution in [0.15, 0.2) is 18.2 Å². The second kappa shape index (κ2) is 6.82. The van der Waals surface area contributed by atoms with Gasteiger partial charge in [0.05, 0.1) is 17.5 Å². The number of nitrogens with zero attached hydrogens (tertiary/aromatic N) is 2. The number of rotatable bonds is 6. The first-order valence-corrected chi connectivity index (χ1v) is 7.70. The fraction of sp³-hybridized carbons (Fsp3) is 0.412. The summed E-state index contributed by atoms with van der Waals surface area (Å²) < 4.78 is 0. The van der Waals surface area contributed by atoms with Gasteiger partial charge in [-0.25, -0.2) is 0 Å². The summed E-state index contributed by atoms with van der Waals surface area (Å²) in [6.07, 6.45) is -0.149. The maximum Gasteiger partial charge on any atom is 0.305 e. The van der Waals surface area contributed by atoms with Crippen molar-refractivity contribution in [2.45, 2.75) is 20.3 Å². The van der Waals surface area contributed by atoms with E-state index in [9.17, 15) is 19.2 Å². The van der Waals surface area contributed by atoms with E-state index in [4.69, 9.17) is 5.11 Å². The molecule has 1 heterocycles. The first-order valence-electron chi connectivity index (χ1n) is 7.70. The highest BCUT2D eigenvalue weighted by molar-refractivity contribution is 6.21. The second-order valence-corrected chi connectivity index (χ2v) is 6.22. The number of fused-ring (bicyclic) bond motifs is 1. The molecule has 0 saturated carbocycles. The Balaban J connectivity index is 2.29. The average Bonchev–Trinajstić information content (AvgIpc) is 2.74. The van der Waals surface area contributed by atoms with Gasteiger partial charge in [-0.1, -0.05) is 13.8 Å². The van der Waals surface area contributed by atoms with Crippen LogP contribution in [0.25, 0.3) is 0 Å². The Bertz CT molecular complexity index is 711. The van der Waals surface area contributed by atoms with Crippen LogP contribution in [0.4, 0.5) is 0 Å². The van der Waals surface area contributed by atoms with Crippen molar-refractivity contribution >= 4 is 23.7 Å². The van der Waals surface area contributed by atoms with E-state index in [1.807, 2.05) is 13.8 Å². The van der Waals surface area contributed by atoms with E-state index in [2.05, 4.69) is 0 Å². The quantitative estimate of drug-likeness (QED) is 0.796. The zero-order valence-corrected chi connectivity index (χ0v) is 13.9. The van der Waals surface area contributed by atoms with E-state index in [0.717, 1.165) is 4.90 Å². The summed E-state index contributed by atoms with van der Waals surface area (Å²) in [7, 11) is 1.39. The standard InChI is InChI=1S/C17H20N2O5/c1-10(2)9-19(7-6-14(20)21)15(22)11-4-5-12-13(8-11)17(24)18(3)16(12)23/h4-5,8,10H,6-7,9H2,1-3H3,(H,20,21). The number of imide groups is 1. The van der Waals surface area contributed by atoms with E-state index in [1.54, 1.807) is 0 Å². The lowest BCUT2D eigenvalue weighted by atomic mass is 10.0. The van der Waals surface area contributed by atoms with Crippen LogP contribution in [0.5, 0.6) is 0 Å². The van der Waals surface area contributed by atoms with Crippen LogP contribution in [0, 0.1) is 5.92 Å². The van der Waals surface area contributed by atoms with Crippen molar-refractivity contribution in [2.24, 2.45) is 5.92 Å². The van der Waals surface area contributed by atoms with Crippen molar-refractivity contribution in [3.8, 4) is 0 Å². The molecule has 2 rings (SSSR count). The van der Waals surface area contributed by atoms with Gasteiger partial charge < -0.3 is 10.0 Å². The van der Waals surface area contributed by atoms with Gasteiger partial charge in [0.25, 0.3) is 17.7 Å². The van der Waals surface area contributed by atoms with Crippen molar-refractivity contribution in [3.63, 3.8) is 0 Å². The highest BCUT2D eigenvalue weighted by atomic mass is 16.4. The predicted octanol–water partition coefficient (Wildman–Crippen LogP) is 1.49. The minimum absolute atomic E-state index is 0.0935. The number of amides is 3. The molecule has 24 heavy (non-hydrogen) atoms. The Kier molecular flexibility index (Phi) is 5.02. The van der Waals surface area contributed by atoms with Gasteiger partial charge in [0, 0.05) is 25.7 Å². The summed E-state index contributed by atoms with van der Waals surface area (Å²) in [5.74, 6) is -1.98. The van der Waals surface area contributed by atoms with Crippen LogP contribution in [0.1, 0.15) is 51.3 Å². The van der Waals surface area contributed by atoms with Crippen LogP contribution in [0.3, 0.4) is 0 Å². The average molecular weight is 332 g/mol. The van der Waals surface area contributed by atoms with Crippen LogP contribution in [-0.4, -0.2) is 58.7 Å². The fourth-order valence-electron chi connectivity index (χ4n) is 2.62. The van der Waals surface area contributed by atoms with Crippen molar-refractivity contribution in [3.05, 3.63) is 34.9 Å². The molecule has 3 amide bonds. The summed E-state index contributed by atoms with van der Waals surface area (Å²) in [4.78, 5) is 49.9. The monoisotopic (exact) mass is 332 g/mol. The minimum Gasteiger partial charge on any atom is -0.481 e. The molecule has 0 aliphatic carbocycles. The summed E-state index contributed by atoms with van der Waals surface area (Å²) >= 11 is 0. The molecular formula is C17H20N2O5. The van der Waals surface area contributed by atoms with Gasteiger partial charge in [0.2, 0.25) is 0 Å². The molecule has 1 aliphatic heterocycles. The molecule has 0 fully saturated rings. The zero-order chi connectivity index (χ0) is 18.0. The third-order valence-corrected chi connectivity index (χ3v) is 3.80. The number of carboxylic acids is 1. The van der Waals surface area contributed by atoms with Crippen LogP contribution >= 0.6 is 0 Å². The number of hydrogen-bond acceptors (Lipinski definition) is 4. The minimum atomic E-state index is -0.979. The Labute approximate surface area is 139 Å². The number of carbonyl (C=O) groups is 4. The molecule has 0 aromatic heterocycles. The normalized spacial score (nSPS) is 13.4. The summed E-state index contributed by atoms with van der Waals surface area (Å²) in [5, 5.41) is 8.84. The van der Waals surface area contributed by atoms with Crippen molar-refractivity contribution in [1.29, 1.82) is 0 Å². The SMILES string of the molecule is CC(C)CN(CCC(=O)O)C(=O)c1ccc2c(c1)C(=O)N(C)C2=O. The van der Waals surface area contributed by atoms with E-state index in [0.29, 0.717) is 6.54 Å². The van der Waals surface area contributed by atoms with Gasteiger partial charge in [0.15, 0.2) is 0 Å². The number of aliphatic carboxylic acids is 1. The largest absolute Gasteiger partial charge is 0.481 e. The Morgan fingerprint density at radius 3 is 2.38 bits per heavy atom. The van der Waals surface area contributed by atoms with Crippen LogP contribution in [-0.2, 0) is 4.79 Å². The Morgan fingerprint density at radius 2 is 1.79 bits per heavy atom. The smallest absolute Gasteiger partial charge is 0.305 e. The topological polar surface area (TPSA) is 95.0 Å². The van der Waals surface area contributed by atoms with Crippen molar-refractivity contribution in [1.82, 2.24) is 9.80 Å². The second-order valence-electron chi connectivity index (χ2n) is 6.22. The molecule has 128 valence electrons. The van der Waals surface area contributed by atoms with Gasteiger partial charge in [-0.2, -0.15) is 0 Å². The maximum atomic E-state index is 12.7. The van der Waals surface area contributed by atoms with Crippen molar-refractivity contribution in [2.75, 3.05) is 20.1 Å². The van der Waals surface area contributed by atoms with Gasteiger partial charge >= 0.3 is 5.97 Å². The molecule has 7 nitrogen and oxygen atoms in total. The van der Waals surface area contributed by atoms with Crippen LogP contribution < -0.4 is 0 Å².